The number of hydrogen-bond acceptors (Lipinski definition) is 2. The molecule has 0 aliphatic heterocycles. The van der Waals surface area contributed by atoms with E-state index >= 15 is 0 Å². The molecule has 0 aromatic carbocycles. The number of thiophene rings is 1. The maximum absolute atomic E-state index is 11.6. The van der Waals surface area contributed by atoms with Crippen LogP contribution in [0.25, 0.3) is 0 Å². The molecule has 0 radical (unpaired) electrons. The van der Waals surface area contributed by atoms with E-state index < -0.39 is 0 Å². The number of Topliss-reactive ketones (excluding diaryl/α,β-unsaturated/α-hetero) is 1. The molecule has 1 aromatic rings. The molecule has 1 nitrogen and oxygen atoms in total. The summed E-state index contributed by atoms with van der Waals surface area (Å²) in [4.78, 5) is 12.4. The van der Waals surface area contributed by atoms with Crippen molar-refractivity contribution in [1.82, 2.24) is 0 Å². The first-order chi connectivity index (χ1) is 5.75. The van der Waals surface area contributed by atoms with Crippen molar-refractivity contribution in [3.05, 3.63) is 34.5 Å². The van der Waals surface area contributed by atoms with Crippen molar-refractivity contribution in [3.63, 3.8) is 0 Å². The van der Waals surface area contributed by atoms with Gasteiger partial charge in [-0.1, -0.05) is 25.1 Å². The quantitative estimate of drug-likeness (QED) is 0.516. The van der Waals surface area contributed by atoms with Crippen molar-refractivity contribution in [2.24, 2.45) is 5.92 Å². The number of carbonyl (C=O) groups is 1. The zero-order chi connectivity index (χ0) is 8.97. The normalized spacial score (nSPS) is 13.5. The molecule has 0 spiro atoms. The topological polar surface area (TPSA) is 17.1 Å². The van der Waals surface area contributed by atoms with Crippen molar-refractivity contribution in [1.29, 1.82) is 0 Å². The Kier molecular flexibility index (Phi) is 3.23. The van der Waals surface area contributed by atoms with Gasteiger partial charge in [0.1, 0.15) is 0 Å². The molecule has 0 amide bonds. The maximum atomic E-state index is 11.6. The summed E-state index contributed by atoms with van der Waals surface area (Å²) < 4.78 is 0. The van der Waals surface area contributed by atoms with Crippen LogP contribution in [-0.4, -0.2) is 5.78 Å². The molecular weight excluding hydrogens is 168 g/mol. The van der Waals surface area contributed by atoms with Crippen LogP contribution in [0.5, 0.6) is 0 Å². The van der Waals surface area contributed by atoms with Crippen LogP contribution in [0.3, 0.4) is 0 Å². The zero-order valence-corrected chi connectivity index (χ0v) is 8.10. The second-order valence-corrected chi connectivity index (χ2v) is 3.60. The first-order valence-electron chi connectivity index (χ1n) is 3.96. The Bertz CT molecular complexity index is 272. The molecule has 1 unspecified atom stereocenters. The summed E-state index contributed by atoms with van der Waals surface area (Å²) in [5.74, 6) is 0.219. The monoisotopic (exact) mass is 180 g/mol. The lowest BCUT2D eigenvalue weighted by Crippen LogP contribution is -2.06. The standard InChI is InChI=1S/C10H12OS/c1-3-5-8(2)10(11)9-6-4-7-12-9/h3-8H,1-2H3/b5-3+. The highest BCUT2D eigenvalue weighted by Crippen LogP contribution is 2.15. The van der Waals surface area contributed by atoms with Gasteiger partial charge in [0.15, 0.2) is 5.78 Å². The minimum Gasteiger partial charge on any atom is -0.293 e. The molecular formula is C10H12OS. The molecule has 1 heterocycles. The second-order valence-electron chi connectivity index (χ2n) is 2.66. The lowest BCUT2D eigenvalue weighted by atomic mass is 10.1. The summed E-state index contributed by atoms with van der Waals surface area (Å²) in [5, 5.41) is 1.93. The smallest absolute Gasteiger partial charge is 0.179 e. The second kappa shape index (κ2) is 4.21. The van der Waals surface area contributed by atoms with Crippen LogP contribution in [0.2, 0.25) is 0 Å². The summed E-state index contributed by atoms with van der Waals surface area (Å²) in [6.45, 7) is 3.85. The molecule has 0 fully saturated rings. The van der Waals surface area contributed by atoms with Crippen molar-refractivity contribution < 1.29 is 4.79 Å². The van der Waals surface area contributed by atoms with Gasteiger partial charge < -0.3 is 0 Å². The van der Waals surface area contributed by atoms with Crippen molar-refractivity contribution in [2.75, 3.05) is 0 Å². The van der Waals surface area contributed by atoms with Crippen molar-refractivity contribution in [2.45, 2.75) is 13.8 Å². The van der Waals surface area contributed by atoms with E-state index in [1.54, 1.807) is 0 Å². The van der Waals surface area contributed by atoms with Crippen molar-refractivity contribution >= 4 is 17.1 Å². The fraction of sp³-hybridized carbons (Fsp3) is 0.300. The van der Waals surface area contributed by atoms with Gasteiger partial charge in [-0.2, -0.15) is 0 Å². The average molecular weight is 180 g/mol. The Hall–Kier alpha value is -0.890. The highest BCUT2D eigenvalue weighted by molar-refractivity contribution is 7.12. The molecule has 0 N–H and O–H groups in total. The molecule has 64 valence electrons. The summed E-state index contributed by atoms with van der Waals surface area (Å²) in [7, 11) is 0. The predicted molar refractivity (Wildman–Crippen MR) is 52.6 cm³/mol. The summed E-state index contributed by atoms with van der Waals surface area (Å²) >= 11 is 1.50. The minimum absolute atomic E-state index is 0.00801. The number of allylic oxidation sites excluding steroid dienone is 2. The zero-order valence-electron chi connectivity index (χ0n) is 7.28. The highest BCUT2D eigenvalue weighted by atomic mass is 32.1. The SMILES string of the molecule is C/C=C/C(C)C(=O)c1cccs1. The van der Waals surface area contributed by atoms with E-state index in [4.69, 9.17) is 0 Å². The lowest BCUT2D eigenvalue weighted by Gasteiger charge is -2.01. The van der Waals surface area contributed by atoms with Crippen LogP contribution < -0.4 is 0 Å². The maximum Gasteiger partial charge on any atom is 0.179 e. The molecule has 2 heteroatoms. The van der Waals surface area contributed by atoms with Gasteiger partial charge >= 0.3 is 0 Å². The minimum atomic E-state index is 0.00801. The molecule has 12 heavy (non-hydrogen) atoms. The lowest BCUT2D eigenvalue weighted by molar-refractivity contribution is 0.0957. The fourth-order valence-electron chi connectivity index (χ4n) is 1.02. The molecule has 0 saturated carbocycles. The van der Waals surface area contributed by atoms with Gasteiger partial charge in [0.2, 0.25) is 0 Å². The van der Waals surface area contributed by atoms with E-state index in [-0.39, 0.29) is 11.7 Å². The van der Waals surface area contributed by atoms with Gasteiger partial charge in [-0.05, 0) is 18.4 Å². The molecule has 1 atom stereocenters. The Labute approximate surface area is 76.7 Å². The van der Waals surface area contributed by atoms with Crippen molar-refractivity contribution in [3.8, 4) is 0 Å². The molecule has 0 bridgehead atoms. The third-order valence-electron chi connectivity index (χ3n) is 1.66. The Morgan fingerprint density at radius 3 is 2.92 bits per heavy atom. The third-order valence-corrected chi connectivity index (χ3v) is 2.54. The number of ketones is 1. The van der Waals surface area contributed by atoms with Crippen LogP contribution in [0.4, 0.5) is 0 Å². The van der Waals surface area contributed by atoms with E-state index in [9.17, 15) is 4.79 Å². The van der Waals surface area contributed by atoms with E-state index in [0.717, 1.165) is 4.88 Å². The first-order valence-corrected chi connectivity index (χ1v) is 4.84. The summed E-state index contributed by atoms with van der Waals surface area (Å²) in [6, 6.07) is 3.77. The number of rotatable bonds is 3. The van der Waals surface area contributed by atoms with Gasteiger partial charge in [0.05, 0.1) is 4.88 Å². The molecule has 0 aliphatic rings. The molecule has 0 saturated heterocycles. The summed E-state index contributed by atoms with van der Waals surface area (Å²) in [6.07, 6.45) is 3.83. The van der Waals surface area contributed by atoms with Crippen LogP contribution in [-0.2, 0) is 0 Å². The summed E-state index contributed by atoms with van der Waals surface area (Å²) in [5.41, 5.74) is 0. The molecule has 1 aromatic heterocycles. The highest BCUT2D eigenvalue weighted by Gasteiger charge is 2.12. The number of hydrogen-bond donors (Lipinski definition) is 0. The van der Waals surface area contributed by atoms with Crippen LogP contribution >= 0.6 is 11.3 Å². The van der Waals surface area contributed by atoms with Gasteiger partial charge in [-0.25, -0.2) is 0 Å². The van der Waals surface area contributed by atoms with Gasteiger partial charge in [0.25, 0.3) is 0 Å². The Balaban J connectivity index is 2.72. The Morgan fingerprint density at radius 2 is 2.42 bits per heavy atom. The Morgan fingerprint density at radius 1 is 1.67 bits per heavy atom. The van der Waals surface area contributed by atoms with Crippen LogP contribution in [0, 0.1) is 5.92 Å². The number of carbonyl (C=O) groups excluding carboxylic acids is 1. The van der Waals surface area contributed by atoms with E-state index in [1.807, 2.05) is 43.5 Å². The van der Waals surface area contributed by atoms with Crippen LogP contribution in [0.15, 0.2) is 29.7 Å². The van der Waals surface area contributed by atoms with Gasteiger partial charge in [0, 0.05) is 5.92 Å². The predicted octanol–water partition coefficient (Wildman–Crippen LogP) is 3.14. The largest absolute Gasteiger partial charge is 0.293 e. The van der Waals surface area contributed by atoms with Crippen LogP contribution in [0.1, 0.15) is 23.5 Å². The van der Waals surface area contributed by atoms with E-state index in [1.165, 1.54) is 11.3 Å². The van der Waals surface area contributed by atoms with E-state index in [2.05, 4.69) is 0 Å². The first kappa shape index (κ1) is 9.20. The average Bonchev–Trinajstić information content (AvgIpc) is 2.55. The molecule has 0 aliphatic carbocycles. The van der Waals surface area contributed by atoms with E-state index in [0.29, 0.717) is 0 Å². The van der Waals surface area contributed by atoms with Gasteiger partial charge in [-0.15, -0.1) is 11.3 Å². The van der Waals surface area contributed by atoms with Gasteiger partial charge in [-0.3, -0.25) is 4.79 Å². The third kappa shape index (κ3) is 2.05. The molecule has 1 rings (SSSR count). The fourth-order valence-corrected chi connectivity index (χ4v) is 1.78.